The van der Waals surface area contributed by atoms with Gasteiger partial charge in [0.2, 0.25) is 0 Å². The van der Waals surface area contributed by atoms with E-state index >= 15 is 0 Å². The fraction of sp³-hybridized carbons (Fsp3) is 0.556. The predicted octanol–water partition coefficient (Wildman–Crippen LogP) is 4.93. The van der Waals surface area contributed by atoms with Crippen molar-refractivity contribution in [2.24, 2.45) is 5.92 Å². The van der Waals surface area contributed by atoms with E-state index in [0.29, 0.717) is 12.0 Å². The largest absolute Gasteiger partial charge is 0.490 e. The minimum atomic E-state index is 0.388. The maximum Gasteiger partial charge on any atom is 0.120 e. The smallest absolute Gasteiger partial charge is 0.120 e. The molecule has 0 aromatic heterocycles. The number of hydrogen-bond acceptors (Lipinski definition) is 1. The van der Waals surface area contributed by atoms with Gasteiger partial charge >= 0.3 is 0 Å². The molecule has 0 radical (unpaired) electrons. The van der Waals surface area contributed by atoms with E-state index < -0.39 is 0 Å². The first kappa shape index (κ1) is 15.3. The Morgan fingerprint density at radius 1 is 1.25 bits per heavy atom. The average molecular weight is 291 g/mol. The second-order valence-corrected chi connectivity index (χ2v) is 6.10. The fourth-order valence-electron chi connectivity index (χ4n) is 2.59. The van der Waals surface area contributed by atoms with E-state index in [9.17, 15) is 0 Å². The molecule has 2 heteroatoms. The number of benzene rings is 1. The van der Waals surface area contributed by atoms with Gasteiger partial charge in [0.25, 0.3) is 0 Å². The normalized spacial score (nSPS) is 21.9. The summed E-state index contributed by atoms with van der Waals surface area (Å²) >= 11 is 5.63. The van der Waals surface area contributed by atoms with Crippen molar-refractivity contribution >= 4 is 11.6 Å². The minimum absolute atomic E-state index is 0.388. The number of aryl methyl sites for hydroxylation is 1. The highest BCUT2D eigenvalue weighted by atomic mass is 35.5. The second-order valence-electron chi connectivity index (χ2n) is 5.72. The highest BCUT2D eigenvalue weighted by Crippen LogP contribution is 2.27. The van der Waals surface area contributed by atoms with Crippen molar-refractivity contribution in [1.29, 1.82) is 0 Å². The molecule has 108 valence electrons. The number of halogens is 1. The predicted molar refractivity (Wildman–Crippen MR) is 85.4 cm³/mol. The highest BCUT2D eigenvalue weighted by Gasteiger charge is 2.19. The summed E-state index contributed by atoms with van der Waals surface area (Å²) in [5.41, 5.74) is 2.24. The van der Waals surface area contributed by atoms with Gasteiger partial charge in [-0.3, -0.25) is 0 Å². The van der Waals surface area contributed by atoms with Crippen molar-refractivity contribution in [3.8, 4) is 17.6 Å². The van der Waals surface area contributed by atoms with Crippen LogP contribution in [0.3, 0.4) is 0 Å². The Morgan fingerprint density at radius 2 is 2.00 bits per heavy atom. The summed E-state index contributed by atoms with van der Waals surface area (Å²) in [6.45, 7) is 4.41. The Hall–Kier alpha value is -1.13. The van der Waals surface area contributed by atoms with E-state index in [1.165, 1.54) is 31.2 Å². The third kappa shape index (κ3) is 4.46. The molecule has 1 aliphatic rings. The lowest BCUT2D eigenvalue weighted by Crippen LogP contribution is -2.23. The Bertz CT molecular complexity index is 490. The molecule has 0 N–H and O–H groups in total. The molecule has 1 fully saturated rings. The highest BCUT2D eigenvalue weighted by molar-refractivity contribution is 6.18. The minimum Gasteiger partial charge on any atom is -0.490 e. The van der Waals surface area contributed by atoms with Crippen LogP contribution in [0.4, 0.5) is 0 Å². The van der Waals surface area contributed by atoms with Crippen LogP contribution in [-0.4, -0.2) is 12.0 Å². The number of alkyl halides is 1. The average Bonchev–Trinajstić information content (AvgIpc) is 2.44. The Kier molecular flexibility index (Phi) is 5.80. The molecule has 0 bridgehead atoms. The van der Waals surface area contributed by atoms with Crippen LogP contribution in [0.5, 0.6) is 5.75 Å². The monoisotopic (exact) mass is 290 g/mol. The van der Waals surface area contributed by atoms with Crippen molar-refractivity contribution in [2.75, 3.05) is 5.88 Å². The van der Waals surface area contributed by atoms with Crippen LogP contribution in [0.25, 0.3) is 0 Å². The summed E-state index contributed by atoms with van der Waals surface area (Å²) in [5, 5.41) is 0. The third-order valence-electron chi connectivity index (χ3n) is 3.91. The van der Waals surface area contributed by atoms with E-state index in [2.05, 4.69) is 37.8 Å². The van der Waals surface area contributed by atoms with Gasteiger partial charge in [-0.1, -0.05) is 18.8 Å². The first-order valence-electron chi connectivity index (χ1n) is 7.51. The molecule has 0 atom stereocenters. The summed E-state index contributed by atoms with van der Waals surface area (Å²) in [6.07, 6.45) is 6.05. The maximum atomic E-state index is 6.10. The summed E-state index contributed by atoms with van der Waals surface area (Å²) in [5.74, 6) is 8.66. The molecular formula is C18H23ClO. The molecule has 2 rings (SSSR count). The van der Waals surface area contributed by atoms with Gasteiger partial charge < -0.3 is 4.74 Å². The number of hydrogen-bond donors (Lipinski definition) is 0. The van der Waals surface area contributed by atoms with Crippen molar-refractivity contribution in [3.05, 3.63) is 29.3 Å². The molecule has 20 heavy (non-hydrogen) atoms. The van der Waals surface area contributed by atoms with Gasteiger partial charge in [0.1, 0.15) is 5.75 Å². The SMILES string of the molecule is Cc1cc(OC2CCC(C)CC2)ccc1C#CCCCl. The molecule has 0 unspecified atom stereocenters. The standard InChI is InChI=1S/C18H23ClO/c1-14-6-9-17(10-7-14)20-18-11-8-16(15(2)13-18)5-3-4-12-19/h8,11,13-14,17H,4,6-7,9-10,12H2,1-2H3. The molecule has 0 heterocycles. The number of rotatable bonds is 3. The molecule has 0 aliphatic heterocycles. The van der Waals surface area contributed by atoms with E-state index in [1.807, 2.05) is 6.07 Å². The van der Waals surface area contributed by atoms with Crippen LogP contribution in [-0.2, 0) is 0 Å². The van der Waals surface area contributed by atoms with Crippen LogP contribution in [0.15, 0.2) is 18.2 Å². The molecule has 1 nitrogen and oxygen atoms in total. The summed E-state index contributed by atoms with van der Waals surface area (Å²) < 4.78 is 6.10. The van der Waals surface area contributed by atoms with Gasteiger partial charge in [0, 0.05) is 17.9 Å². The van der Waals surface area contributed by atoms with Gasteiger partial charge in [-0.15, -0.1) is 11.6 Å². The van der Waals surface area contributed by atoms with E-state index in [1.54, 1.807) is 0 Å². The molecule has 1 aromatic carbocycles. The van der Waals surface area contributed by atoms with Crippen molar-refractivity contribution in [3.63, 3.8) is 0 Å². The lowest BCUT2D eigenvalue weighted by Gasteiger charge is -2.27. The maximum absolute atomic E-state index is 6.10. The van der Waals surface area contributed by atoms with Crippen LogP contribution in [0.2, 0.25) is 0 Å². The van der Waals surface area contributed by atoms with Crippen LogP contribution >= 0.6 is 11.6 Å². The fourth-order valence-corrected chi connectivity index (χ4v) is 2.69. The Balaban J connectivity index is 1.97. The van der Waals surface area contributed by atoms with Gasteiger partial charge in [0.15, 0.2) is 0 Å². The number of ether oxygens (including phenoxy) is 1. The van der Waals surface area contributed by atoms with Crippen molar-refractivity contribution in [1.82, 2.24) is 0 Å². The van der Waals surface area contributed by atoms with E-state index in [0.717, 1.165) is 23.7 Å². The first-order valence-corrected chi connectivity index (χ1v) is 8.04. The molecule has 0 spiro atoms. The van der Waals surface area contributed by atoms with Gasteiger partial charge in [-0.2, -0.15) is 0 Å². The van der Waals surface area contributed by atoms with E-state index in [-0.39, 0.29) is 0 Å². The van der Waals surface area contributed by atoms with Crippen LogP contribution in [0, 0.1) is 24.7 Å². The Morgan fingerprint density at radius 3 is 2.65 bits per heavy atom. The molecule has 1 aliphatic carbocycles. The lowest BCUT2D eigenvalue weighted by atomic mass is 9.89. The quantitative estimate of drug-likeness (QED) is 0.566. The molecule has 0 amide bonds. The lowest BCUT2D eigenvalue weighted by molar-refractivity contribution is 0.135. The zero-order valence-electron chi connectivity index (χ0n) is 12.4. The summed E-state index contributed by atoms with van der Waals surface area (Å²) in [7, 11) is 0. The molecule has 1 aromatic rings. The summed E-state index contributed by atoms with van der Waals surface area (Å²) in [4.78, 5) is 0. The summed E-state index contributed by atoms with van der Waals surface area (Å²) in [6, 6.07) is 6.19. The molecule has 0 saturated heterocycles. The van der Waals surface area contributed by atoms with Crippen LogP contribution in [0.1, 0.15) is 50.2 Å². The van der Waals surface area contributed by atoms with Gasteiger partial charge in [0.05, 0.1) is 6.10 Å². The van der Waals surface area contributed by atoms with Crippen molar-refractivity contribution in [2.45, 2.75) is 52.1 Å². The zero-order chi connectivity index (χ0) is 14.4. The first-order chi connectivity index (χ1) is 9.69. The zero-order valence-corrected chi connectivity index (χ0v) is 13.2. The van der Waals surface area contributed by atoms with E-state index in [4.69, 9.17) is 16.3 Å². The molecule has 1 saturated carbocycles. The topological polar surface area (TPSA) is 9.23 Å². The van der Waals surface area contributed by atoms with Gasteiger partial charge in [-0.05, 0) is 62.3 Å². The molecular weight excluding hydrogens is 268 g/mol. The Labute approximate surface area is 127 Å². The third-order valence-corrected chi connectivity index (χ3v) is 4.10. The van der Waals surface area contributed by atoms with Gasteiger partial charge in [-0.25, -0.2) is 0 Å². The second kappa shape index (κ2) is 7.60. The van der Waals surface area contributed by atoms with Crippen molar-refractivity contribution < 1.29 is 4.74 Å². The van der Waals surface area contributed by atoms with Crippen LogP contribution < -0.4 is 4.74 Å².